The van der Waals surface area contributed by atoms with E-state index < -0.39 is 0 Å². The smallest absolute Gasteiger partial charge is 0.298 e. The second-order valence-electron chi connectivity index (χ2n) is 7.17. The minimum atomic E-state index is -0.359. The molecule has 3 aromatic carbocycles. The number of rotatable bonds is 7. The molecule has 1 aliphatic heterocycles. The fraction of sp³-hybridized carbons (Fsp3) is 0.115. The highest BCUT2D eigenvalue weighted by Gasteiger charge is 2.36. The molecule has 1 heterocycles. The van der Waals surface area contributed by atoms with Crippen LogP contribution in [0.1, 0.15) is 23.6 Å². The first-order chi connectivity index (χ1) is 16.5. The van der Waals surface area contributed by atoms with Crippen molar-refractivity contribution in [3.05, 3.63) is 91.9 Å². The summed E-state index contributed by atoms with van der Waals surface area (Å²) in [5.41, 5.74) is 2.60. The molecule has 0 aromatic heterocycles. The summed E-state index contributed by atoms with van der Waals surface area (Å²) in [4.78, 5) is 27.0. The van der Waals surface area contributed by atoms with Crippen LogP contribution >= 0.6 is 34.4 Å². The van der Waals surface area contributed by atoms with Gasteiger partial charge in [0, 0.05) is 5.56 Å². The third-order valence-corrected chi connectivity index (χ3v) is 6.62. The number of amides is 2. The van der Waals surface area contributed by atoms with E-state index in [1.165, 1.54) is 4.90 Å². The number of para-hydroxylation sites is 1. The number of imide groups is 1. The van der Waals surface area contributed by atoms with Crippen LogP contribution in [-0.2, 0) is 11.4 Å². The highest BCUT2D eigenvalue weighted by atomic mass is 127. The molecule has 0 aliphatic carbocycles. The first kappa shape index (κ1) is 23.9. The molecule has 0 bridgehead atoms. The molecule has 1 saturated heterocycles. The van der Waals surface area contributed by atoms with Crippen molar-refractivity contribution in [3.63, 3.8) is 0 Å². The lowest BCUT2D eigenvalue weighted by Gasteiger charge is -2.15. The Kier molecular flexibility index (Phi) is 7.55. The van der Waals surface area contributed by atoms with Gasteiger partial charge in [-0.2, -0.15) is 5.26 Å². The normalized spacial score (nSPS) is 14.4. The van der Waals surface area contributed by atoms with E-state index in [0.717, 1.165) is 26.5 Å². The molecule has 0 radical (unpaired) electrons. The van der Waals surface area contributed by atoms with Crippen molar-refractivity contribution in [1.82, 2.24) is 0 Å². The van der Waals surface area contributed by atoms with E-state index >= 15 is 0 Å². The SMILES string of the molecule is CCOc1cc(/C=C2\SC(=O)N(c3ccccc3)C2=O)cc(I)c1OCc1ccccc1C#N. The van der Waals surface area contributed by atoms with Crippen LogP contribution in [-0.4, -0.2) is 17.8 Å². The minimum absolute atomic E-state index is 0.217. The molecule has 0 N–H and O–H groups in total. The van der Waals surface area contributed by atoms with E-state index in [-0.39, 0.29) is 17.8 Å². The van der Waals surface area contributed by atoms with Crippen molar-refractivity contribution < 1.29 is 19.1 Å². The number of hydrogen-bond acceptors (Lipinski definition) is 6. The third kappa shape index (κ3) is 5.11. The van der Waals surface area contributed by atoms with Crippen molar-refractivity contribution in [1.29, 1.82) is 5.26 Å². The molecule has 170 valence electrons. The number of benzene rings is 3. The van der Waals surface area contributed by atoms with Gasteiger partial charge in [-0.1, -0.05) is 36.4 Å². The molecule has 1 fully saturated rings. The molecule has 1 aliphatic rings. The lowest BCUT2D eigenvalue weighted by molar-refractivity contribution is -0.113. The van der Waals surface area contributed by atoms with Crippen molar-refractivity contribution in [2.75, 3.05) is 11.5 Å². The van der Waals surface area contributed by atoms with Crippen LogP contribution in [0.4, 0.5) is 10.5 Å². The number of thioether (sulfide) groups is 1. The van der Waals surface area contributed by atoms with Gasteiger partial charge in [0.1, 0.15) is 6.61 Å². The first-order valence-corrected chi connectivity index (χ1v) is 12.3. The lowest BCUT2D eigenvalue weighted by atomic mass is 10.1. The van der Waals surface area contributed by atoms with Gasteiger partial charge < -0.3 is 9.47 Å². The molecule has 3 aromatic rings. The predicted molar refractivity (Wildman–Crippen MR) is 141 cm³/mol. The number of hydrogen-bond donors (Lipinski definition) is 0. The summed E-state index contributed by atoms with van der Waals surface area (Å²) in [6.07, 6.45) is 1.69. The van der Waals surface area contributed by atoms with Crippen LogP contribution in [0, 0.1) is 14.9 Å². The number of ether oxygens (including phenoxy) is 2. The van der Waals surface area contributed by atoms with Gasteiger partial charge in [-0.05, 0) is 83.2 Å². The average Bonchev–Trinajstić information content (AvgIpc) is 3.12. The maximum absolute atomic E-state index is 12.9. The Balaban J connectivity index is 1.61. The van der Waals surface area contributed by atoms with Crippen molar-refractivity contribution in [3.8, 4) is 17.6 Å². The highest BCUT2D eigenvalue weighted by Crippen LogP contribution is 2.39. The lowest BCUT2D eigenvalue weighted by Crippen LogP contribution is -2.27. The van der Waals surface area contributed by atoms with Crippen LogP contribution in [0.15, 0.2) is 71.6 Å². The van der Waals surface area contributed by atoms with Crippen molar-refractivity contribution in [2.45, 2.75) is 13.5 Å². The molecular weight excluding hydrogens is 563 g/mol. The molecule has 0 atom stereocenters. The maximum atomic E-state index is 12.9. The molecule has 6 nitrogen and oxygen atoms in total. The van der Waals surface area contributed by atoms with Crippen molar-refractivity contribution in [2.24, 2.45) is 0 Å². The number of nitrogens with zero attached hydrogens (tertiary/aromatic N) is 2. The molecule has 0 saturated carbocycles. The van der Waals surface area contributed by atoms with Crippen LogP contribution in [0.3, 0.4) is 0 Å². The number of anilines is 1. The van der Waals surface area contributed by atoms with Crippen LogP contribution in [0.5, 0.6) is 11.5 Å². The summed E-state index contributed by atoms with van der Waals surface area (Å²) in [6, 6.07) is 22.0. The Morgan fingerprint density at radius 1 is 1.06 bits per heavy atom. The van der Waals surface area contributed by atoms with Crippen LogP contribution in [0.2, 0.25) is 0 Å². The van der Waals surface area contributed by atoms with Gasteiger partial charge in [-0.25, -0.2) is 4.90 Å². The monoisotopic (exact) mass is 582 g/mol. The Hall–Kier alpha value is -3.29. The second-order valence-corrected chi connectivity index (χ2v) is 9.33. The number of carbonyl (C=O) groups excluding carboxylic acids is 2. The second kappa shape index (κ2) is 10.8. The molecule has 2 amide bonds. The van der Waals surface area contributed by atoms with Gasteiger partial charge in [0.2, 0.25) is 0 Å². The molecule has 8 heteroatoms. The molecule has 4 rings (SSSR count). The zero-order chi connectivity index (χ0) is 24.1. The van der Waals surface area contributed by atoms with Gasteiger partial charge in [-0.15, -0.1) is 0 Å². The number of carbonyl (C=O) groups is 2. The van der Waals surface area contributed by atoms with Gasteiger partial charge in [0.25, 0.3) is 11.1 Å². The molecular formula is C26H19IN2O4S. The summed E-state index contributed by atoms with van der Waals surface area (Å²) in [7, 11) is 0. The summed E-state index contributed by atoms with van der Waals surface area (Å²) >= 11 is 3.06. The Labute approximate surface area is 215 Å². The van der Waals surface area contributed by atoms with E-state index in [2.05, 4.69) is 28.7 Å². The molecule has 0 spiro atoms. The largest absolute Gasteiger partial charge is 0.490 e. The summed E-state index contributed by atoms with van der Waals surface area (Å²) in [5.74, 6) is 0.727. The van der Waals surface area contributed by atoms with Gasteiger partial charge in [-0.3, -0.25) is 9.59 Å². The third-order valence-electron chi connectivity index (χ3n) is 4.95. The summed E-state index contributed by atoms with van der Waals surface area (Å²) < 4.78 is 12.6. The number of halogens is 1. The zero-order valence-corrected chi connectivity index (χ0v) is 21.1. The van der Waals surface area contributed by atoms with Crippen LogP contribution < -0.4 is 14.4 Å². The van der Waals surface area contributed by atoms with Crippen LogP contribution in [0.25, 0.3) is 6.08 Å². The summed E-state index contributed by atoms with van der Waals surface area (Å²) in [6.45, 7) is 2.52. The fourth-order valence-electron chi connectivity index (χ4n) is 3.40. The van der Waals surface area contributed by atoms with E-state index in [4.69, 9.17) is 9.47 Å². The Bertz CT molecular complexity index is 1320. The predicted octanol–water partition coefficient (Wildman–Crippen LogP) is 6.38. The van der Waals surface area contributed by atoms with Gasteiger partial charge in [0.15, 0.2) is 11.5 Å². The number of nitriles is 1. The van der Waals surface area contributed by atoms with E-state index in [1.807, 2.05) is 37.3 Å². The minimum Gasteiger partial charge on any atom is -0.490 e. The summed E-state index contributed by atoms with van der Waals surface area (Å²) in [5, 5.41) is 8.98. The highest BCUT2D eigenvalue weighted by molar-refractivity contribution is 14.1. The van der Waals surface area contributed by atoms with Gasteiger partial charge in [0.05, 0.1) is 32.4 Å². The topological polar surface area (TPSA) is 79.6 Å². The zero-order valence-electron chi connectivity index (χ0n) is 18.2. The maximum Gasteiger partial charge on any atom is 0.298 e. The van der Waals surface area contributed by atoms with Crippen molar-refractivity contribution >= 4 is 57.3 Å². The average molecular weight is 582 g/mol. The Morgan fingerprint density at radius 3 is 2.53 bits per heavy atom. The first-order valence-electron chi connectivity index (χ1n) is 10.4. The molecule has 34 heavy (non-hydrogen) atoms. The van der Waals surface area contributed by atoms with E-state index in [1.54, 1.807) is 42.5 Å². The molecule has 0 unspecified atom stereocenters. The van der Waals surface area contributed by atoms with Gasteiger partial charge >= 0.3 is 0 Å². The van der Waals surface area contributed by atoms with E-state index in [0.29, 0.717) is 34.3 Å². The van der Waals surface area contributed by atoms with E-state index in [9.17, 15) is 14.9 Å². The standard InChI is InChI=1S/C26H19IN2O4S/c1-2-32-22-13-17(12-21(27)24(22)33-16-19-9-7-6-8-18(19)15-28)14-23-25(30)29(26(31)34-23)20-10-4-3-5-11-20/h3-14H,2,16H2,1H3/b23-14-. The Morgan fingerprint density at radius 2 is 1.79 bits per heavy atom. The fourth-order valence-corrected chi connectivity index (χ4v) is 5.02. The quantitative estimate of drug-likeness (QED) is 0.238.